The van der Waals surface area contributed by atoms with Crippen LogP contribution >= 0.6 is 23.2 Å². The number of nitrogens with one attached hydrogen (secondary N) is 1. The Hall–Kier alpha value is -1.04. The lowest BCUT2D eigenvalue weighted by Crippen LogP contribution is -2.52. The summed E-state index contributed by atoms with van der Waals surface area (Å²) in [7, 11) is 0. The van der Waals surface area contributed by atoms with Crippen molar-refractivity contribution in [2.45, 2.75) is 31.2 Å². The molecule has 1 saturated carbocycles. The number of pyridine rings is 1. The van der Waals surface area contributed by atoms with Crippen LogP contribution in [0, 0.1) is 0 Å². The average Bonchev–Trinajstić information content (AvgIpc) is 2.85. The van der Waals surface area contributed by atoms with Gasteiger partial charge in [-0.15, -0.1) is 0 Å². The van der Waals surface area contributed by atoms with E-state index in [9.17, 15) is 4.79 Å². The molecule has 1 aromatic rings. The number of nitrogens with zero attached hydrogens (tertiary/aromatic N) is 1. The minimum absolute atomic E-state index is 0.117. The molecule has 1 heterocycles. The van der Waals surface area contributed by atoms with E-state index >= 15 is 0 Å². The van der Waals surface area contributed by atoms with Gasteiger partial charge in [0.25, 0.3) is 0 Å². The molecule has 1 aliphatic carbocycles. The van der Waals surface area contributed by atoms with Crippen molar-refractivity contribution in [1.29, 1.82) is 0 Å². The number of ether oxygens (including phenoxy) is 1. The van der Waals surface area contributed by atoms with Crippen LogP contribution in [0.25, 0.3) is 0 Å². The molecule has 1 aromatic heterocycles. The normalized spacial score (nSPS) is 16.9. The minimum Gasteiger partial charge on any atom is -0.475 e. The van der Waals surface area contributed by atoms with E-state index in [1.54, 1.807) is 6.07 Å². The Morgan fingerprint density at radius 1 is 1.45 bits per heavy atom. The molecule has 0 saturated heterocycles. The van der Waals surface area contributed by atoms with E-state index in [1.165, 1.54) is 6.20 Å². The van der Waals surface area contributed by atoms with E-state index in [4.69, 9.17) is 33.7 Å². The molecule has 0 aliphatic heterocycles. The van der Waals surface area contributed by atoms with Gasteiger partial charge in [-0.1, -0.05) is 36.0 Å². The van der Waals surface area contributed by atoms with E-state index in [0.29, 0.717) is 22.5 Å². The molecule has 0 unspecified atom stereocenters. The second-order valence-electron chi connectivity index (χ2n) is 4.91. The average molecular weight is 318 g/mol. The van der Waals surface area contributed by atoms with E-state index < -0.39 is 5.54 Å². The molecule has 0 radical (unpaired) electrons. The molecule has 0 bridgehead atoms. The van der Waals surface area contributed by atoms with Gasteiger partial charge in [-0.05, 0) is 18.9 Å². The van der Waals surface area contributed by atoms with E-state index in [0.717, 1.165) is 25.7 Å². The highest BCUT2D eigenvalue weighted by atomic mass is 35.5. The Morgan fingerprint density at radius 3 is 2.80 bits per heavy atom. The fourth-order valence-corrected chi connectivity index (χ4v) is 2.66. The molecule has 1 aliphatic rings. The highest BCUT2D eigenvalue weighted by Gasteiger charge is 2.36. The highest BCUT2D eigenvalue weighted by Crippen LogP contribution is 2.27. The van der Waals surface area contributed by atoms with Crippen molar-refractivity contribution >= 4 is 29.1 Å². The molecule has 0 atom stereocenters. The van der Waals surface area contributed by atoms with Gasteiger partial charge in [0.1, 0.15) is 11.6 Å². The Bertz CT molecular complexity index is 491. The topological polar surface area (TPSA) is 77.2 Å². The van der Waals surface area contributed by atoms with Crippen LogP contribution in [-0.2, 0) is 4.79 Å². The second-order valence-corrected chi connectivity index (χ2v) is 5.75. The van der Waals surface area contributed by atoms with E-state index in [-0.39, 0.29) is 12.5 Å². The lowest BCUT2D eigenvalue weighted by molar-refractivity contribution is -0.126. The van der Waals surface area contributed by atoms with Crippen LogP contribution in [0.3, 0.4) is 0 Å². The highest BCUT2D eigenvalue weighted by molar-refractivity contribution is 6.35. The first-order valence-electron chi connectivity index (χ1n) is 6.52. The summed E-state index contributed by atoms with van der Waals surface area (Å²) in [5.41, 5.74) is 5.32. The largest absolute Gasteiger partial charge is 0.475 e. The van der Waals surface area contributed by atoms with Crippen LogP contribution in [0.4, 0.5) is 0 Å². The zero-order valence-electron chi connectivity index (χ0n) is 11.0. The van der Waals surface area contributed by atoms with Gasteiger partial charge in [-0.25, -0.2) is 4.98 Å². The number of rotatable bonds is 5. The number of hydrogen-bond donors (Lipinski definition) is 2. The summed E-state index contributed by atoms with van der Waals surface area (Å²) >= 11 is 11.7. The van der Waals surface area contributed by atoms with Gasteiger partial charge in [-0.2, -0.15) is 0 Å². The molecule has 0 aromatic carbocycles. The molecule has 1 fully saturated rings. The standard InChI is InChI=1S/C13H17Cl2N3O2/c14-9-7-10(15)11(18-8-9)20-6-5-17-12(19)13(16)3-1-2-4-13/h7-8H,1-6,16H2,(H,17,19). The number of nitrogens with two attached hydrogens (primary N) is 1. The Morgan fingerprint density at radius 2 is 2.15 bits per heavy atom. The summed E-state index contributed by atoms with van der Waals surface area (Å²) in [5.74, 6) is 0.183. The number of aromatic nitrogens is 1. The molecule has 0 spiro atoms. The summed E-state index contributed by atoms with van der Waals surface area (Å²) in [6.07, 6.45) is 4.94. The Labute approximate surface area is 127 Å². The first kappa shape index (κ1) is 15.4. The number of hydrogen-bond acceptors (Lipinski definition) is 4. The van der Waals surface area contributed by atoms with Crippen LogP contribution < -0.4 is 15.8 Å². The molecule has 7 heteroatoms. The molecule has 110 valence electrons. The predicted octanol–water partition coefficient (Wildman–Crippen LogP) is 2.15. The van der Waals surface area contributed by atoms with Gasteiger partial charge in [0, 0.05) is 6.20 Å². The lowest BCUT2D eigenvalue weighted by atomic mass is 9.98. The molecular formula is C13H17Cl2N3O2. The smallest absolute Gasteiger partial charge is 0.240 e. The summed E-state index contributed by atoms with van der Waals surface area (Å²) < 4.78 is 5.38. The third-order valence-electron chi connectivity index (χ3n) is 3.35. The fourth-order valence-electron chi connectivity index (χ4n) is 2.23. The summed E-state index contributed by atoms with van der Waals surface area (Å²) in [6, 6.07) is 1.55. The maximum Gasteiger partial charge on any atom is 0.240 e. The number of amides is 1. The van der Waals surface area contributed by atoms with Crippen LogP contribution in [0.1, 0.15) is 25.7 Å². The zero-order chi connectivity index (χ0) is 14.6. The van der Waals surface area contributed by atoms with Crippen molar-refractivity contribution < 1.29 is 9.53 Å². The summed E-state index contributed by atoms with van der Waals surface area (Å²) in [6.45, 7) is 0.634. The maximum atomic E-state index is 11.9. The Balaban J connectivity index is 1.75. The summed E-state index contributed by atoms with van der Waals surface area (Å²) in [4.78, 5) is 15.9. The molecule has 20 heavy (non-hydrogen) atoms. The number of carbonyl (C=O) groups excluding carboxylic acids is 1. The number of carbonyl (C=O) groups is 1. The van der Waals surface area contributed by atoms with Crippen molar-refractivity contribution in [2.75, 3.05) is 13.2 Å². The quantitative estimate of drug-likeness (QED) is 0.816. The SMILES string of the molecule is NC1(C(=O)NCCOc2ncc(Cl)cc2Cl)CCCC1. The molecular weight excluding hydrogens is 301 g/mol. The predicted molar refractivity (Wildman–Crippen MR) is 78.1 cm³/mol. The number of halogens is 2. The third kappa shape index (κ3) is 3.75. The molecule has 5 nitrogen and oxygen atoms in total. The monoisotopic (exact) mass is 317 g/mol. The Kier molecular flexibility index (Phi) is 5.07. The summed E-state index contributed by atoms with van der Waals surface area (Å²) in [5, 5.41) is 3.57. The molecule has 2 rings (SSSR count). The van der Waals surface area contributed by atoms with Crippen molar-refractivity contribution in [3.63, 3.8) is 0 Å². The van der Waals surface area contributed by atoms with E-state index in [1.807, 2.05) is 0 Å². The van der Waals surface area contributed by atoms with Gasteiger partial charge < -0.3 is 15.8 Å². The van der Waals surface area contributed by atoms with E-state index in [2.05, 4.69) is 10.3 Å². The second kappa shape index (κ2) is 6.61. The van der Waals surface area contributed by atoms with Crippen molar-refractivity contribution in [3.05, 3.63) is 22.3 Å². The van der Waals surface area contributed by atoms with Gasteiger partial charge in [0.05, 0.1) is 17.1 Å². The van der Waals surface area contributed by atoms with Crippen LogP contribution in [0.5, 0.6) is 5.88 Å². The molecule has 1 amide bonds. The maximum absolute atomic E-state index is 11.9. The fraction of sp³-hybridized carbons (Fsp3) is 0.538. The van der Waals surface area contributed by atoms with Crippen molar-refractivity contribution in [1.82, 2.24) is 10.3 Å². The lowest BCUT2D eigenvalue weighted by Gasteiger charge is -2.22. The molecule has 3 N–H and O–H groups in total. The van der Waals surface area contributed by atoms with Crippen LogP contribution in [-0.4, -0.2) is 29.6 Å². The van der Waals surface area contributed by atoms with Gasteiger partial charge >= 0.3 is 0 Å². The first-order chi connectivity index (χ1) is 9.51. The first-order valence-corrected chi connectivity index (χ1v) is 7.28. The van der Waals surface area contributed by atoms with Crippen LogP contribution in [0.2, 0.25) is 10.0 Å². The van der Waals surface area contributed by atoms with Crippen molar-refractivity contribution in [3.8, 4) is 5.88 Å². The van der Waals surface area contributed by atoms with Gasteiger partial charge in [-0.3, -0.25) is 4.79 Å². The zero-order valence-corrected chi connectivity index (χ0v) is 12.5. The van der Waals surface area contributed by atoms with Crippen LogP contribution in [0.15, 0.2) is 12.3 Å². The third-order valence-corrected chi connectivity index (χ3v) is 3.83. The van der Waals surface area contributed by atoms with Crippen molar-refractivity contribution in [2.24, 2.45) is 5.73 Å². The van der Waals surface area contributed by atoms with Gasteiger partial charge in [0.15, 0.2) is 0 Å². The van der Waals surface area contributed by atoms with Gasteiger partial charge in [0.2, 0.25) is 11.8 Å². The minimum atomic E-state index is -0.712.